The smallest absolute Gasteiger partial charge is 0.154 e. The largest absolute Gasteiger partial charge is 0.454 e. The van der Waals surface area contributed by atoms with Crippen LogP contribution in [0.1, 0.15) is 0 Å². The molecule has 0 spiro atoms. The zero-order valence-corrected chi connectivity index (χ0v) is 11.1. The van der Waals surface area contributed by atoms with Crippen molar-refractivity contribution in [3.63, 3.8) is 0 Å². The second-order valence-corrected chi connectivity index (χ2v) is 5.97. The summed E-state index contributed by atoms with van der Waals surface area (Å²) in [6.07, 6.45) is 0. The topological polar surface area (TPSA) is 13.1 Å². The number of fused-ring (bicyclic) bond motifs is 5. The van der Waals surface area contributed by atoms with Crippen LogP contribution in [-0.4, -0.2) is 0 Å². The van der Waals surface area contributed by atoms with E-state index in [0.717, 1.165) is 15.6 Å². The van der Waals surface area contributed by atoms with Gasteiger partial charge in [-0.3, -0.25) is 0 Å². The minimum atomic E-state index is 0.950. The Hall–Kier alpha value is -1.32. The molecule has 0 unspecified atom stereocenters. The summed E-state index contributed by atoms with van der Waals surface area (Å²) in [6.45, 7) is 0. The Morgan fingerprint density at radius 1 is 1.00 bits per heavy atom. The van der Waals surface area contributed by atoms with Crippen LogP contribution < -0.4 is 0 Å². The quantitative estimate of drug-likeness (QED) is 0.414. The van der Waals surface area contributed by atoms with Gasteiger partial charge in [0.15, 0.2) is 5.58 Å². The van der Waals surface area contributed by atoms with Crippen molar-refractivity contribution in [3.8, 4) is 0 Å². The number of halogens is 1. The monoisotopic (exact) mass is 302 g/mol. The first kappa shape index (κ1) is 9.68. The van der Waals surface area contributed by atoms with Gasteiger partial charge in [0.05, 0.1) is 4.70 Å². The van der Waals surface area contributed by atoms with E-state index in [4.69, 9.17) is 4.42 Å². The second kappa shape index (κ2) is 3.34. The summed E-state index contributed by atoms with van der Waals surface area (Å²) in [5.41, 5.74) is 1.96. The van der Waals surface area contributed by atoms with Gasteiger partial charge in [-0.25, -0.2) is 0 Å². The maximum atomic E-state index is 5.97. The lowest BCUT2D eigenvalue weighted by Gasteiger charge is -1.90. The predicted molar refractivity (Wildman–Crippen MR) is 76.8 cm³/mol. The summed E-state index contributed by atoms with van der Waals surface area (Å²) in [7, 11) is 0. The van der Waals surface area contributed by atoms with Crippen molar-refractivity contribution in [2.45, 2.75) is 0 Å². The van der Waals surface area contributed by atoms with Crippen LogP contribution in [0.25, 0.3) is 31.3 Å². The van der Waals surface area contributed by atoms with Crippen molar-refractivity contribution in [1.29, 1.82) is 0 Å². The molecule has 3 heteroatoms. The first-order chi connectivity index (χ1) is 8.33. The van der Waals surface area contributed by atoms with Crippen LogP contribution in [0.15, 0.2) is 51.4 Å². The Kier molecular flexibility index (Phi) is 1.90. The van der Waals surface area contributed by atoms with Crippen LogP contribution in [0.3, 0.4) is 0 Å². The molecule has 0 N–H and O–H groups in total. The molecule has 0 saturated carbocycles. The molecule has 4 rings (SSSR count). The van der Waals surface area contributed by atoms with Gasteiger partial charge in [-0.15, -0.1) is 11.3 Å². The molecule has 0 aliphatic carbocycles. The van der Waals surface area contributed by atoms with Crippen molar-refractivity contribution in [1.82, 2.24) is 0 Å². The fourth-order valence-electron chi connectivity index (χ4n) is 2.18. The van der Waals surface area contributed by atoms with Crippen LogP contribution in [0.2, 0.25) is 0 Å². The Balaban J connectivity index is 2.29. The van der Waals surface area contributed by atoms with Gasteiger partial charge in [-0.2, -0.15) is 0 Å². The summed E-state index contributed by atoms with van der Waals surface area (Å²) < 4.78 is 9.55. The van der Waals surface area contributed by atoms with Crippen LogP contribution in [0, 0.1) is 0 Å². The molecule has 0 atom stereocenters. The van der Waals surface area contributed by atoms with E-state index in [1.54, 1.807) is 11.3 Å². The predicted octanol–water partition coefficient (Wildman–Crippen LogP) is 5.56. The molecule has 4 aromatic rings. The molecule has 0 bridgehead atoms. The molecule has 0 saturated heterocycles. The standard InChI is InChI=1S/C14H7BrOS/c15-8-5-6-9-11(7-8)16-13-10-3-1-2-4-12(10)17-14(9)13/h1-7H. The van der Waals surface area contributed by atoms with Crippen LogP contribution in [0.4, 0.5) is 0 Å². The van der Waals surface area contributed by atoms with Crippen molar-refractivity contribution in [2.75, 3.05) is 0 Å². The van der Waals surface area contributed by atoms with Gasteiger partial charge in [-0.1, -0.05) is 28.1 Å². The number of hydrogen-bond acceptors (Lipinski definition) is 2. The summed E-state index contributed by atoms with van der Waals surface area (Å²) in [6, 6.07) is 14.6. The molecule has 0 aliphatic rings. The molecule has 0 radical (unpaired) electrons. The third-order valence-electron chi connectivity index (χ3n) is 2.95. The number of benzene rings is 2. The maximum Gasteiger partial charge on any atom is 0.154 e. The highest BCUT2D eigenvalue weighted by Gasteiger charge is 2.12. The van der Waals surface area contributed by atoms with Crippen LogP contribution >= 0.6 is 27.3 Å². The zero-order chi connectivity index (χ0) is 11.4. The highest BCUT2D eigenvalue weighted by molar-refractivity contribution is 9.10. The van der Waals surface area contributed by atoms with Crippen molar-refractivity contribution < 1.29 is 4.42 Å². The molecule has 2 aromatic heterocycles. The molecular formula is C14H7BrOS. The highest BCUT2D eigenvalue weighted by atomic mass is 79.9. The van der Waals surface area contributed by atoms with Gasteiger partial charge in [0.1, 0.15) is 5.58 Å². The number of thiophene rings is 1. The molecule has 2 aromatic carbocycles. The van der Waals surface area contributed by atoms with E-state index in [1.165, 1.54) is 20.2 Å². The zero-order valence-electron chi connectivity index (χ0n) is 8.74. The van der Waals surface area contributed by atoms with Crippen molar-refractivity contribution in [2.24, 2.45) is 0 Å². The van der Waals surface area contributed by atoms with E-state index < -0.39 is 0 Å². The van der Waals surface area contributed by atoms with Crippen molar-refractivity contribution >= 4 is 58.6 Å². The van der Waals surface area contributed by atoms with Gasteiger partial charge < -0.3 is 4.42 Å². The van der Waals surface area contributed by atoms with E-state index in [-0.39, 0.29) is 0 Å². The fourth-order valence-corrected chi connectivity index (χ4v) is 3.68. The highest BCUT2D eigenvalue weighted by Crippen LogP contribution is 2.40. The van der Waals surface area contributed by atoms with Gasteiger partial charge in [0, 0.05) is 19.9 Å². The summed E-state index contributed by atoms with van der Waals surface area (Å²) in [5.74, 6) is 0. The minimum Gasteiger partial charge on any atom is -0.454 e. The fraction of sp³-hybridized carbons (Fsp3) is 0. The van der Waals surface area contributed by atoms with Gasteiger partial charge in [-0.05, 0) is 30.3 Å². The maximum absolute atomic E-state index is 5.97. The molecule has 0 fully saturated rings. The van der Waals surface area contributed by atoms with E-state index in [2.05, 4.69) is 52.3 Å². The van der Waals surface area contributed by atoms with E-state index in [1.807, 2.05) is 6.07 Å². The van der Waals surface area contributed by atoms with Crippen molar-refractivity contribution in [3.05, 3.63) is 46.9 Å². The third-order valence-corrected chi connectivity index (χ3v) is 4.63. The number of rotatable bonds is 0. The van der Waals surface area contributed by atoms with Gasteiger partial charge in [0.25, 0.3) is 0 Å². The summed E-state index contributed by atoms with van der Waals surface area (Å²) in [4.78, 5) is 0. The molecule has 17 heavy (non-hydrogen) atoms. The number of hydrogen-bond donors (Lipinski definition) is 0. The average Bonchev–Trinajstić information content (AvgIpc) is 2.84. The number of furan rings is 1. The van der Waals surface area contributed by atoms with E-state index >= 15 is 0 Å². The molecule has 2 heterocycles. The average molecular weight is 303 g/mol. The molecule has 0 aliphatic heterocycles. The molecule has 1 nitrogen and oxygen atoms in total. The SMILES string of the molecule is Brc1ccc2c(c1)oc1c3ccccc3sc21. The molecule has 0 amide bonds. The lowest BCUT2D eigenvalue weighted by molar-refractivity contribution is 0.673. The first-order valence-corrected chi connectivity index (χ1v) is 6.93. The third kappa shape index (κ3) is 1.30. The van der Waals surface area contributed by atoms with Gasteiger partial charge in [0.2, 0.25) is 0 Å². The van der Waals surface area contributed by atoms with E-state index in [9.17, 15) is 0 Å². The Labute approximate surface area is 110 Å². The molecule has 82 valence electrons. The van der Waals surface area contributed by atoms with E-state index in [0.29, 0.717) is 0 Å². The lowest BCUT2D eigenvalue weighted by Crippen LogP contribution is -1.64. The first-order valence-electron chi connectivity index (χ1n) is 5.32. The Morgan fingerprint density at radius 2 is 1.88 bits per heavy atom. The normalized spacial score (nSPS) is 11.8. The Bertz CT molecular complexity index is 856. The minimum absolute atomic E-state index is 0.950. The Morgan fingerprint density at radius 3 is 2.82 bits per heavy atom. The van der Waals surface area contributed by atoms with Crippen LogP contribution in [-0.2, 0) is 0 Å². The summed E-state index contributed by atoms with van der Waals surface area (Å²) >= 11 is 5.27. The second-order valence-electron chi connectivity index (χ2n) is 4.00. The van der Waals surface area contributed by atoms with Crippen LogP contribution in [0.5, 0.6) is 0 Å². The van der Waals surface area contributed by atoms with Gasteiger partial charge >= 0.3 is 0 Å². The summed E-state index contributed by atoms with van der Waals surface area (Å²) in [5, 5.41) is 2.41. The molecular weight excluding hydrogens is 296 g/mol. The lowest BCUT2D eigenvalue weighted by atomic mass is 10.2.